The molecule has 0 bridgehead atoms. The lowest BCUT2D eigenvalue weighted by molar-refractivity contribution is -0.124. The summed E-state index contributed by atoms with van der Waals surface area (Å²) in [7, 11) is -13.7. The summed E-state index contributed by atoms with van der Waals surface area (Å²) in [6.07, 6.45) is 1.38. The van der Waals surface area contributed by atoms with Crippen molar-refractivity contribution in [2.24, 2.45) is 0 Å². The molecule has 84 heavy (non-hydrogen) atoms. The highest BCUT2D eigenvalue weighted by atomic mass is 28.5. The SMILES string of the molecule is C.C.C.C.CC1(C)OB(c2ccc(B3OC(C)(C)C(C)(C)O3)o2)OC1(C)C.Cc1ccc(C2=C3C(=O)N(CCC[Si](C)(C)O[Si](C)(C)O[Si](C)(C)C)C(c4ccc(-c5ccc(C)o5)o4)=C3C(=O)N2CCC[Si](C)(C)O[Si](C)(C)O[Si](C)(C)C)o1. The number of hydrogen-bond acceptors (Lipinski definition) is 14. The van der Waals surface area contributed by atoms with Crippen molar-refractivity contribution >= 4 is 99.2 Å². The lowest BCUT2D eigenvalue weighted by Gasteiger charge is -2.37. The van der Waals surface area contributed by atoms with Crippen molar-refractivity contribution in [2.45, 2.75) is 238 Å². The maximum absolute atomic E-state index is 14.9. The van der Waals surface area contributed by atoms with E-state index in [2.05, 4.69) is 91.7 Å². The zero-order valence-electron chi connectivity index (χ0n) is 52.6. The minimum absolute atomic E-state index is 0. The molecule has 16 nitrogen and oxygen atoms in total. The molecule has 0 unspecified atom stereocenters. The molecule has 2 saturated heterocycles. The van der Waals surface area contributed by atoms with Gasteiger partial charge in [0, 0.05) is 13.1 Å². The van der Waals surface area contributed by atoms with E-state index in [1.807, 2.05) is 118 Å². The second-order valence-corrected chi connectivity index (χ2v) is 53.3. The summed E-state index contributed by atoms with van der Waals surface area (Å²) in [5.74, 6) is 3.01. The molecular weight excluding hydrogens is 1160 g/mol. The van der Waals surface area contributed by atoms with Crippen molar-refractivity contribution in [3.8, 4) is 11.5 Å². The summed E-state index contributed by atoms with van der Waals surface area (Å²) in [6, 6.07) is 16.5. The third-order valence-corrected chi connectivity index (χ3v) is 35.4. The number of fused-ring (bicyclic) bond motifs is 1. The molecule has 472 valence electrons. The van der Waals surface area contributed by atoms with Gasteiger partial charge in [-0.1, -0.05) is 29.7 Å². The Labute approximate surface area is 513 Å². The van der Waals surface area contributed by atoms with Gasteiger partial charge in [0.15, 0.2) is 56.3 Å². The molecule has 0 spiro atoms. The van der Waals surface area contributed by atoms with Crippen LogP contribution < -0.4 is 11.3 Å². The Morgan fingerprint density at radius 2 is 0.714 bits per heavy atom. The number of furan rings is 4. The molecule has 0 saturated carbocycles. The number of carbonyl (C=O) groups is 2. The first kappa shape index (κ1) is 74.9. The fourth-order valence-corrected chi connectivity index (χ4v) is 37.2. The van der Waals surface area contributed by atoms with E-state index in [0.29, 0.717) is 88.6 Å². The Kier molecular flexibility index (Phi) is 23.5. The maximum Gasteiger partial charge on any atom is 0.532 e. The van der Waals surface area contributed by atoms with E-state index in [-0.39, 0.29) is 41.5 Å². The second-order valence-electron chi connectivity index (χ2n) is 27.9. The van der Waals surface area contributed by atoms with Crippen LogP contribution in [0.4, 0.5) is 0 Å². The number of hydrogen-bond donors (Lipinski definition) is 0. The Morgan fingerprint density at radius 1 is 0.417 bits per heavy atom. The predicted molar refractivity (Wildman–Crippen MR) is 359 cm³/mol. The van der Waals surface area contributed by atoms with E-state index in [1.165, 1.54) is 0 Å². The van der Waals surface area contributed by atoms with Gasteiger partial charge in [0.2, 0.25) is 0 Å². The van der Waals surface area contributed by atoms with Gasteiger partial charge in [-0.15, -0.1) is 0 Å². The minimum atomic E-state index is -2.35. The lowest BCUT2D eigenvalue weighted by atomic mass is 9.86. The number of carbonyl (C=O) groups excluding carboxylic acids is 2. The Morgan fingerprint density at radius 3 is 1.04 bits per heavy atom. The summed E-state index contributed by atoms with van der Waals surface area (Å²) < 4.78 is 75.1. The van der Waals surface area contributed by atoms with Gasteiger partial charge in [-0.3, -0.25) is 9.59 Å². The molecule has 4 aliphatic heterocycles. The monoisotopic (exact) mass is 1270 g/mol. The number of rotatable bonds is 21. The molecule has 2 fully saturated rings. The van der Waals surface area contributed by atoms with Crippen LogP contribution in [-0.4, -0.2) is 122 Å². The summed E-state index contributed by atoms with van der Waals surface area (Å²) in [5.41, 5.74) is 1.37. The van der Waals surface area contributed by atoms with Gasteiger partial charge in [0.25, 0.3) is 11.8 Å². The van der Waals surface area contributed by atoms with E-state index in [1.54, 1.807) is 9.80 Å². The highest BCUT2D eigenvalue weighted by Gasteiger charge is 2.56. The average Bonchev–Trinajstić information content (AvgIpc) is 1.86. The summed E-state index contributed by atoms with van der Waals surface area (Å²) in [5, 5.41) is 0. The van der Waals surface area contributed by atoms with Crippen LogP contribution in [0.1, 0.15) is 121 Å². The van der Waals surface area contributed by atoms with Crippen LogP contribution >= 0.6 is 0 Å². The van der Waals surface area contributed by atoms with Gasteiger partial charge in [-0.25, -0.2) is 0 Å². The van der Waals surface area contributed by atoms with E-state index in [9.17, 15) is 9.59 Å². The third-order valence-electron chi connectivity index (χ3n) is 15.1. The fraction of sp³-hybridized carbons (Fsp3) is 0.633. The molecular formula is C60H108B2N2O14Si6. The van der Waals surface area contributed by atoms with E-state index < -0.39 is 87.0 Å². The van der Waals surface area contributed by atoms with Crippen molar-refractivity contribution in [2.75, 3.05) is 13.1 Å². The zero-order valence-corrected chi connectivity index (χ0v) is 58.6. The average molecular weight is 1270 g/mol. The molecule has 0 aromatic carbocycles. The van der Waals surface area contributed by atoms with Crippen LogP contribution in [0.5, 0.6) is 0 Å². The van der Waals surface area contributed by atoms with Gasteiger partial charge < -0.3 is 62.5 Å². The topological polar surface area (TPSA) is 167 Å². The molecule has 8 rings (SSSR count). The van der Waals surface area contributed by atoms with E-state index in [4.69, 9.17) is 52.7 Å². The standard InChI is InChI=1S/C40H66N2O9Si6.C16H26B2O5.4CH4/c1-29-19-21-31(45-29)32-23-24-34(47-32)38-36-35(39(43)42(38)26-18-28-55(11,12)51-57(15,16)49-53(6,7)8)37(33-22-20-30(2)46-33)41(40(36)44)25-17-27-54(9,10)50-56(13,14)48-52(3,4)5;1-13(2)14(3,4)21-17(20-13)11-9-10-12(19-11)18-22-15(5,6)16(7,8)23-18;;;;/h19-24H,17-18,25-28H2,1-16H3;9-10H,1-8H3;4*1H4. The zero-order chi connectivity index (χ0) is 59.8. The van der Waals surface area contributed by atoms with Gasteiger partial charge in [-0.2, -0.15) is 0 Å². The maximum atomic E-state index is 14.9. The number of nitrogens with zero attached hydrogens (tertiary/aromatic N) is 2. The molecule has 0 aliphatic carbocycles. The second kappa shape index (κ2) is 26.4. The van der Waals surface area contributed by atoms with E-state index in [0.717, 1.165) is 17.8 Å². The van der Waals surface area contributed by atoms with Gasteiger partial charge >= 0.3 is 31.4 Å². The molecule has 2 amide bonds. The largest absolute Gasteiger partial charge is 0.532 e. The van der Waals surface area contributed by atoms with Crippen LogP contribution in [0.2, 0.25) is 104 Å². The smallest absolute Gasteiger partial charge is 0.473 e. The Balaban J connectivity index is 0.000000574. The van der Waals surface area contributed by atoms with Crippen molar-refractivity contribution in [1.82, 2.24) is 9.80 Å². The summed E-state index contributed by atoms with van der Waals surface area (Å²) in [6.45, 7) is 51.3. The van der Waals surface area contributed by atoms with Crippen molar-refractivity contribution in [3.05, 3.63) is 82.7 Å². The van der Waals surface area contributed by atoms with Crippen molar-refractivity contribution in [1.29, 1.82) is 0 Å². The normalized spacial score (nSPS) is 18.6. The van der Waals surface area contributed by atoms with Crippen LogP contribution in [0.25, 0.3) is 22.9 Å². The third kappa shape index (κ3) is 17.5. The van der Waals surface area contributed by atoms with Crippen LogP contribution in [0.15, 0.2) is 77.3 Å². The molecule has 8 heterocycles. The van der Waals surface area contributed by atoms with Crippen LogP contribution in [0, 0.1) is 13.8 Å². The molecule has 0 radical (unpaired) electrons. The Bertz CT molecular complexity index is 2890. The van der Waals surface area contributed by atoms with Gasteiger partial charge in [0.05, 0.1) is 33.6 Å². The van der Waals surface area contributed by atoms with Gasteiger partial charge in [0.1, 0.15) is 34.2 Å². The summed E-state index contributed by atoms with van der Waals surface area (Å²) >= 11 is 0. The van der Waals surface area contributed by atoms with Crippen LogP contribution in [-0.2, 0) is 44.7 Å². The number of amides is 2. The highest BCUT2D eigenvalue weighted by molar-refractivity contribution is 6.88. The molecule has 4 aromatic rings. The first-order valence-corrected chi connectivity index (χ1v) is 47.1. The predicted octanol–water partition coefficient (Wildman–Crippen LogP) is 15.3. The number of aryl methyl sites for hydroxylation is 2. The molecule has 0 atom stereocenters. The van der Waals surface area contributed by atoms with E-state index >= 15 is 0 Å². The molecule has 24 heteroatoms. The minimum Gasteiger partial charge on any atom is -0.473 e. The van der Waals surface area contributed by atoms with Crippen LogP contribution in [0.3, 0.4) is 0 Å². The molecule has 4 aliphatic rings. The fourth-order valence-electron chi connectivity index (χ4n) is 10.9. The molecule has 0 N–H and O–H groups in total. The summed E-state index contributed by atoms with van der Waals surface area (Å²) in [4.78, 5) is 33.2. The first-order valence-electron chi connectivity index (χ1n) is 28.4. The van der Waals surface area contributed by atoms with Crippen molar-refractivity contribution < 1.29 is 62.3 Å². The lowest BCUT2D eigenvalue weighted by Crippen LogP contribution is -2.51. The quantitative estimate of drug-likeness (QED) is 0.0723. The van der Waals surface area contributed by atoms with Crippen molar-refractivity contribution in [3.63, 3.8) is 0 Å². The highest BCUT2D eigenvalue weighted by Crippen LogP contribution is 2.48. The van der Waals surface area contributed by atoms with Gasteiger partial charge in [-0.05, 0) is 234 Å². The Hall–Kier alpha value is -3.35. The molecule has 4 aromatic heterocycles. The first-order chi connectivity index (χ1) is 36.4.